The Balaban J connectivity index is 2.30. The smallest absolute Gasteiger partial charge is 0.141 e. The van der Waals surface area contributed by atoms with Gasteiger partial charge in [-0.3, -0.25) is 9.97 Å². The first-order valence-electron chi connectivity index (χ1n) is 5.97. The molecule has 0 aliphatic heterocycles. The van der Waals surface area contributed by atoms with Crippen LogP contribution in [0.4, 0.5) is 0 Å². The highest BCUT2D eigenvalue weighted by atomic mass is 79.9. The highest BCUT2D eigenvalue weighted by molar-refractivity contribution is 9.10. The van der Waals surface area contributed by atoms with Crippen LogP contribution >= 0.6 is 15.9 Å². The number of aromatic nitrogens is 2. The fraction of sp³-hybridized carbons (Fsp3) is 0.385. The molecule has 0 radical (unpaired) electrons. The predicted molar refractivity (Wildman–Crippen MR) is 73.3 cm³/mol. The minimum absolute atomic E-state index is 0.0672. The molecular formula is C13H16BrN3O. The Kier molecular flexibility index (Phi) is 4.49. The van der Waals surface area contributed by atoms with Crippen LogP contribution in [-0.2, 0) is 0 Å². The zero-order valence-corrected chi connectivity index (χ0v) is 12.1. The van der Waals surface area contributed by atoms with E-state index in [4.69, 9.17) is 4.42 Å². The molecule has 4 nitrogen and oxygen atoms in total. The molecule has 0 spiro atoms. The minimum atomic E-state index is -0.0672. The van der Waals surface area contributed by atoms with Crippen molar-refractivity contribution in [2.45, 2.75) is 26.3 Å². The van der Waals surface area contributed by atoms with Crippen molar-refractivity contribution in [3.63, 3.8) is 0 Å². The number of halogens is 1. The second kappa shape index (κ2) is 6.11. The van der Waals surface area contributed by atoms with E-state index in [0.717, 1.165) is 34.6 Å². The molecule has 0 aromatic carbocycles. The van der Waals surface area contributed by atoms with Gasteiger partial charge in [-0.1, -0.05) is 6.92 Å². The van der Waals surface area contributed by atoms with Crippen molar-refractivity contribution < 1.29 is 4.42 Å². The Bertz CT molecular complexity index is 495. The molecule has 5 heteroatoms. The van der Waals surface area contributed by atoms with Crippen molar-refractivity contribution >= 4 is 15.9 Å². The summed E-state index contributed by atoms with van der Waals surface area (Å²) in [5.41, 5.74) is 1.77. The molecule has 2 heterocycles. The number of furan rings is 1. The van der Waals surface area contributed by atoms with Crippen LogP contribution < -0.4 is 5.32 Å². The lowest BCUT2D eigenvalue weighted by atomic mass is 10.1. The Morgan fingerprint density at radius 1 is 1.39 bits per heavy atom. The maximum atomic E-state index is 5.53. The predicted octanol–water partition coefficient (Wildman–Crippen LogP) is 3.23. The third-order valence-corrected chi connectivity index (χ3v) is 3.26. The number of hydrogen-bond donors (Lipinski definition) is 1. The van der Waals surface area contributed by atoms with Crippen LogP contribution in [0.3, 0.4) is 0 Å². The van der Waals surface area contributed by atoms with Crippen molar-refractivity contribution in [2.24, 2.45) is 0 Å². The monoisotopic (exact) mass is 309 g/mol. The molecule has 96 valence electrons. The first kappa shape index (κ1) is 13.2. The maximum Gasteiger partial charge on any atom is 0.141 e. The molecule has 0 bridgehead atoms. The van der Waals surface area contributed by atoms with Gasteiger partial charge in [0.2, 0.25) is 0 Å². The van der Waals surface area contributed by atoms with Crippen LogP contribution in [0, 0.1) is 6.92 Å². The molecule has 0 saturated heterocycles. The summed E-state index contributed by atoms with van der Waals surface area (Å²) < 4.78 is 6.47. The second-order valence-corrected chi connectivity index (χ2v) is 4.96. The van der Waals surface area contributed by atoms with Crippen molar-refractivity contribution in [2.75, 3.05) is 6.54 Å². The van der Waals surface area contributed by atoms with Crippen LogP contribution in [-0.4, -0.2) is 16.5 Å². The molecule has 2 aromatic heterocycles. The SMILES string of the molecule is CCCNC(c1cnc(C)cn1)c1occc1Br. The standard InChI is InChI=1S/C13H16BrN3O/c1-3-5-15-12(13-10(14)4-6-18-13)11-8-16-9(2)7-17-11/h4,6-8,12,15H,3,5H2,1-2H3. The van der Waals surface area contributed by atoms with Gasteiger partial charge in [-0.2, -0.15) is 0 Å². The van der Waals surface area contributed by atoms with Gasteiger partial charge >= 0.3 is 0 Å². The molecule has 0 fully saturated rings. The van der Waals surface area contributed by atoms with Gasteiger partial charge in [-0.15, -0.1) is 0 Å². The lowest BCUT2D eigenvalue weighted by molar-refractivity contribution is 0.438. The van der Waals surface area contributed by atoms with Crippen molar-refractivity contribution in [1.29, 1.82) is 0 Å². The third kappa shape index (κ3) is 2.97. The van der Waals surface area contributed by atoms with Gasteiger partial charge in [0.1, 0.15) is 11.8 Å². The summed E-state index contributed by atoms with van der Waals surface area (Å²) in [5, 5.41) is 3.42. The van der Waals surface area contributed by atoms with E-state index >= 15 is 0 Å². The molecular weight excluding hydrogens is 294 g/mol. The highest BCUT2D eigenvalue weighted by Crippen LogP contribution is 2.28. The van der Waals surface area contributed by atoms with Crippen LogP contribution in [0.1, 0.15) is 36.5 Å². The van der Waals surface area contributed by atoms with Crippen molar-refractivity contribution in [1.82, 2.24) is 15.3 Å². The van der Waals surface area contributed by atoms with Gasteiger partial charge in [-0.05, 0) is 41.9 Å². The highest BCUT2D eigenvalue weighted by Gasteiger charge is 2.20. The molecule has 18 heavy (non-hydrogen) atoms. The molecule has 0 aliphatic carbocycles. The van der Waals surface area contributed by atoms with E-state index < -0.39 is 0 Å². The molecule has 1 unspecified atom stereocenters. The fourth-order valence-electron chi connectivity index (χ4n) is 1.68. The molecule has 2 aromatic rings. The van der Waals surface area contributed by atoms with E-state index in [2.05, 4.69) is 38.1 Å². The molecule has 1 N–H and O–H groups in total. The molecule has 2 rings (SSSR count). The number of aryl methyl sites for hydroxylation is 1. The van der Waals surface area contributed by atoms with Crippen LogP contribution in [0.2, 0.25) is 0 Å². The van der Waals surface area contributed by atoms with Gasteiger partial charge in [-0.25, -0.2) is 0 Å². The molecule has 0 amide bonds. The summed E-state index contributed by atoms with van der Waals surface area (Å²) >= 11 is 3.49. The third-order valence-electron chi connectivity index (χ3n) is 2.60. The van der Waals surface area contributed by atoms with E-state index in [1.165, 1.54) is 0 Å². The first-order valence-corrected chi connectivity index (χ1v) is 6.76. The Morgan fingerprint density at radius 3 is 2.78 bits per heavy atom. The number of hydrogen-bond acceptors (Lipinski definition) is 4. The second-order valence-electron chi connectivity index (χ2n) is 4.10. The van der Waals surface area contributed by atoms with Crippen molar-refractivity contribution in [3.8, 4) is 0 Å². The summed E-state index contributed by atoms with van der Waals surface area (Å²) in [4.78, 5) is 8.71. The van der Waals surface area contributed by atoms with Crippen molar-refractivity contribution in [3.05, 3.63) is 46.3 Å². The van der Waals surface area contributed by atoms with E-state index in [-0.39, 0.29) is 6.04 Å². The molecule has 0 saturated carbocycles. The summed E-state index contributed by atoms with van der Waals surface area (Å²) in [6.07, 6.45) is 6.28. The normalized spacial score (nSPS) is 12.6. The summed E-state index contributed by atoms with van der Waals surface area (Å²) in [6.45, 7) is 4.95. The Hall–Kier alpha value is -1.20. The van der Waals surface area contributed by atoms with E-state index in [1.54, 1.807) is 18.7 Å². The van der Waals surface area contributed by atoms with E-state index in [0.29, 0.717) is 0 Å². The summed E-state index contributed by atoms with van der Waals surface area (Å²) in [6, 6.07) is 1.82. The van der Waals surface area contributed by atoms with Crippen LogP contribution in [0.15, 0.2) is 33.6 Å². The summed E-state index contributed by atoms with van der Waals surface area (Å²) in [5.74, 6) is 0.835. The van der Waals surface area contributed by atoms with Crippen LogP contribution in [0.5, 0.6) is 0 Å². The Labute approximate surface area is 115 Å². The zero-order chi connectivity index (χ0) is 13.0. The van der Waals surface area contributed by atoms with Gasteiger partial charge < -0.3 is 9.73 Å². The van der Waals surface area contributed by atoms with E-state index in [1.807, 2.05) is 13.0 Å². The average molecular weight is 310 g/mol. The lowest BCUT2D eigenvalue weighted by Gasteiger charge is -2.16. The molecule has 0 aliphatic rings. The van der Waals surface area contributed by atoms with E-state index in [9.17, 15) is 0 Å². The fourth-order valence-corrected chi connectivity index (χ4v) is 2.11. The van der Waals surface area contributed by atoms with Gasteiger partial charge in [0, 0.05) is 6.20 Å². The van der Waals surface area contributed by atoms with Crippen LogP contribution in [0.25, 0.3) is 0 Å². The van der Waals surface area contributed by atoms with Gasteiger partial charge in [0.25, 0.3) is 0 Å². The first-order chi connectivity index (χ1) is 8.72. The lowest BCUT2D eigenvalue weighted by Crippen LogP contribution is -2.24. The summed E-state index contributed by atoms with van der Waals surface area (Å²) in [7, 11) is 0. The van der Waals surface area contributed by atoms with Gasteiger partial charge in [0.05, 0.1) is 28.3 Å². The quantitative estimate of drug-likeness (QED) is 0.921. The Morgan fingerprint density at radius 2 is 2.22 bits per heavy atom. The molecule has 1 atom stereocenters. The largest absolute Gasteiger partial charge is 0.466 e. The maximum absolute atomic E-state index is 5.53. The minimum Gasteiger partial charge on any atom is -0.466 e. The number of rotatable bonds is 5. The van der Waals surface area contributed by atoms with Gasteiger partial charge in [0.15, 0.2) is 0 Å². The number of nitrogens with one attached hydrogen (secondary N) is 1. The average Bonchev–Trinajstić information content (AvgIpc) is 2.78. The topological polar surface area (TPSA) is 51.0 Å². The number of nitrogens with zero attached hydrogens (tertiary/aromatic N) is 2. The zero-order valence-electron chi connectivity index (χ0n) is 10.5.